The molecule has 0 atom stereocenters. The summed E-state index contributed by atoms with van der Waals surface area (Å²) in [4.78, 5) is 0. The Balaban J connectivity index is 2.00. The highest BCUT2D eigenvalue weighted by molar-refractivity contribution is 6.63. The quantitative estimate of drug-likeness (QED) is 0.748. The topological polar surface area (TPSA) is 18.5 Å². The number of benzene rings is 2. The molecule has 0 fully saturated rings. The number of fused-ring (bicyclic) bond motifs is 2. The molecular weight excluding hydrogens is 211 g/mol. The van der Waals surface area contributed by atoms with Crippen LogP contribution in [0.5, 0.6) is 0 Å². The van der Waals surface area contributed by atoms with Crippen molar-refractivity contribution in [2.24, 2.45) is 0 Å². The van der Waals surface area contributed by atoms with E-state index in [4.69, 9.17) is 9.31 Å². The SMILES string of the molecule is CCCOB1OCc2cc3ccccc3cc21. The van der Waals surface area contributed by atoms with Gasteiger partial charge in [0.2, 0.25) is 0 Å². The van der Waals surface area contributed by atoms with Crippen molar-refractivity contribution in [1.29, 1.82) is 0 Å². The molecule has 0 saturated heterocycles. The third kappa shape index (κ3) is 1.96. The minimum absolute atomic E-state index is 0.172. The Morgan fingerprint density at radius 2 is 2.00 bits per heavy atom. The third-order valence-electron chi connectivity index (χ3n) is 3.13. The number of hydrogen-bond acceptors (Lipinski definition) is 2. The fourth-order valence-electron chi connectivity index (χ4n) is 2.27. The Labute approximate surface area is 102 Å². The summed E-state index contributed by atoms with van der Waals surface area (Å²) in [5.41, 5.74) is 2.45. The first kappa shape index (κ1) is 10.8. The lowest BCUT2D eigenvalue weighted by Crippen LogP contribution is -2.32. The lowest BCUT2D eigenvalue weighted by Gasteiger charge is -2.07. The van der Waals surface area contributed by atoms with Crippen LogP contribution in [-0.4, -0.2) is 13.7 Å². The normalized spacial score (nSPS) is 14.3. The Morgan fingerprint density at radius 3 is 2.76 bits per heavy atom. The van der Waals surface area contributed by atoms with E-state index in [9.17, 15) is 0 Å². The van der Waals surface area contributed by atoms with E-state index in [-0.39, 0.29) is 7.12 Å². The van der Waals surface area contributed by atoms with Crippen molar-refractivity contribution in [2.45, 2.75) is 20.0 Å². The lowest BCUT2D eigenvalue weighted by molar-refractivity contribution is 0.211. The molecule has 0 bridgehead atoms. The molecule has 3 heteroatoms. The molecule has 3 rings (SSSR count). The maximum atomic E-state index is 5.71. The fourth-order valence-corrected chi connectivity index (χ4v) is 2.27. The molecular formula is C14H15BO2. The van der Waals surface area contributed by atoms with Crippen molar-refractivity contribution in [3.05, 3.63) is 42.0 Å². The average molecular weight is 226 g/mol. The van der Waals surface area contributed by atoms with Gasteiger partial charge in [0.15, 0.2) is 0 Å². The van der Waals surface area contributed by atoms with Crippen LogP contribution in [0.15, 0.2) is 36.4 Å². The molecule has 17 heavy (non-hydrogen) atoms. The summed E-state index contributed by atoms with van der Waals surface area (Å²) in [5.74, 6) is 0. The molecule has 0 radical (unpaired) electrons. The Bertz CT molecular complexity index is 539. The first-order chi connectivity index (χ1) is 8.38. The van der Waals surface area contributed by atoms with Crippen LogP contribution < -0.4 is 5.46 Å². The van der Waals surface area contributed by atoms with Crippen molar-refractivity contribution in [3.8, 4) is 0 Å². The molecule has 0 aromatic heterocycles. The van der Waals surface area contributed by atoms with Gasteiger partial charge >= 0.3 is 7.12 Å². The molecule has 0 unspecified atom stereocenters. The van der Waals surface area contributed by atoms with Crippen LogP contribution in [0, 0.1) is 0 Å². The van der Waals surface area contributed by atoms with Gasteiger partial charge in [-0.1, -0.05) is 37.3 Å². The number of hydrogen-bond donors (Lipinski definition) is 0. The molecule has 1 heterocycles. The summed E-state index contributed by atoms with van der Waals surface area (Å²) in [6.07, 6.45) is 1.02. The van der Waals surface area contributed by atoms with Crippen LogP contribution in [-0.2, 0) is 15.9 Å². The van der Waals surface area contributed by atoms with Gasteiger partial charge in [0.1, 0.15) is 0 Å². The average Bonchev–Trinajstić information content (AvgIpc) is 2.76. The molecule has 0 spiro atoms. The third-order valence-corrected chi connectivity index (χ3v) is 3.13. The van der Waals surface area contributed by atoms with Crippen molar-refractivity contribution in [2.75, 3.05) is 6.61 Å². The Kier molecular flexibility index (Phi) is 2.87. The van der Waals surface area contributed by atoms with E-state index in [1.807, 2.05) is 0 Å². The van der Waals surface area contributed by atoms with E-state index in [0.29, 0.717) is 6.61 Å². The molecule has 2 nitrogen and oxygen atoms in total. The molecule has 0 N–H and O–H groups in total. The van der Waals surface area contributed by atoms with E-state index >= 15 is 0 Å². The van der Waals surface area contributed by atoms with Crippen LogP contribution in [0.2, 0.25) is 0 Å². The smallest absolute Gasteiger partial charge is 0.407 e. The molecule has 0 saturated carbocycles. The first-order valence-corrected chi connectivity index (χ1v) is 6.13. The molecule has 2 aromatic carbocycles. The summed E-state index contributed by atoms with van der Waals surface area (Å²) in [7, 11) is -0.172. The van der Waals surface area contributed by atoms with E-state index < -0.39 is 0 Å². The summed E-state index contributed by atoms with van der Waals surface area (Å²) in [6.45, 7) is 3.52. The zero-order chi connectivity index (χ0) is 11.7. The highest BCUT2D eigenvalue weighted by atomic mass is 16.6. The van der Waals surface area contributed by atoms with Gasteiger partial charge in [-0.25, -0.2) is 0 Å². The Hall–Kier alpha value is -1.32. The van der Waals surface area contributed by atoms with Gasteiger partial charge in [0.05, 0.1) is 6.61 Å². The predicted molar refractivity (Wildman–Crippen MR) is 70.4 cm³/mol. The summed E-state index contributed by atoms with van der Waals surface area (Å²) < 4.78 is 11.4. The largest absolute Gasteiger partial charge is 0.494 e. The second kappa shape index (κ2) is 4.51. The standard InChI is InChI=1S/C14H15BO2/c1-2-7-16-15-14-9-12-6-4-3-5-11(12)8-13(14)10-17-15/h3-6,8-9H,2,7,10H2,1H3. The minimum Gasteiger partial charge on any atom is -0.407 e. The van der Waals surface area contributed by atoms with Crippen LogP contribution in [0.4, 0.5) is 0 Å². The summed E-state index contributed by atoms with van der Waals surface area (Å²) >= 11 is 0. The lowest BCUT2D eigenvalue weighted by atomic mass is 9.78. The molecule has 0 aliphatic carbocycles. The van der Waals surface area contributed by atoms with Gasteiger partial charge in [0, 0.05) is 6.61 Å². The van der Waals surface area contributed by atoms with Gasteiger partial charge < -0.3 is 9.31 Å². The van der Waals surface area contributed by atoms with Gasteiger partial charge in [-0.15, -0.1) is 0 Å². The first-order valence-electron chi connectivity index (χ1n) is 6.13. The number of rotatable bonds is 3. The van der Waals surface area contributed by atoms with Gasteiger partial charge in [0.25, 0.3) is 0 Å². The highest BCUT2D eigenvalue weighted by Gasteiger charge is 2.30. The minimum atomic E-state index is -0.172. The highest BCUT2D eigenvalue weighted by Crippen LogP contribution is 2.19. The van der Waals surface area contributed by atoms with Crippen LogP contribution in [0.1, 0.15) is 18.9 Å². The van der Waals surface area contributed by atoms with Crippen LogP contribution >= 0.6 is 0 Å². The molecule has 2 aromatic rings. The maximum Gasteiger partial charge on any atom is 0.494 e. The monoisotopic (exact) mass is 226 g/mol. The maximum absolute atomic E-state index is 5.71. The van der Waals surface area contributed by atoms with Gasteiger partial charge in [-0.3, -0.25) is 0 Å². The van der Waals surface area contributed by atoms with Crippen LogP contribution in [0.25, 0.3) is 10.8 Å². The van der Waals surface area contributed by atoms with Crippen molar-refractivity contribution >= 4 is 23.4 Å². The van der Waals surface area contributed by atoms with Gasteiger partial charge in [-0.05, 0) is 34.3 Å². The molecule has 1 aliphatic heterocycles. The van der Waals surface area contributed by atoms with Gasteiger partial charge in [-0.2, -0.15) is 0 Å². The van der Waals surface area contributed by atoms with E-state index in [2.05, 4.69) is 43.3 Å². The van der Waals surface area contributed by atoms with E-state index in [1.54, 1.807) is 0 Å². The van der Waals surface area contributed by atoms with E-state index in [1.165, 1.54) is 21.8 Å². The summed E-state index contributed by atoms with van der Waals surface area (Å²) in [6, 6.07) is 12.8. The van der Waals surface area contributed by atoms with Crippen molar-refractivity contribution < 1.29 is 9.31 Å². The zero-order valence-corrected chi connectivity index (χ0v) is 9.98. The molecule has 0 amide bonds. The molecule has 86 valence electrons. The Morgan fingerprint density at radius 1 is 1.24 bits per heavy atom. The summed E-state index contributed by atoms with van der Waals surface area (Å²) in [5, 5.41) is 2.52. The van der Waals surface area contributed by atoms with E-state index in [0.717, 1.165) is 13.0 Å². The fraction of sp³-hybridized carbons (Fsp3) is 0.286. The van der Waals surface area contributed by atoms with Crippen molar-refractivity contribution in [3.63, 3.8) is 0 Å². The van der Waals surface area contributed by atoms with Crippen molar-refractivity contribution in [1.82, 2.24) is 0 Å². The predicted octanol–water partition coefficient (Wildman–Crippen LogP) is 2.49. The molecule has 1 aliphatic rings. The second-order valence-corrected chi connectivity index (χ2v) is 4.41. The van der Waals surface area contributed by atoms with Crippen LogP contribution in [0.3, 0.4) is 0 Å². The second-order valence-electron chi connectivity index (χ2n) is 4.41. The zero-order valence-electron chi connectivity index (χ0n) is 9.98.